The number of H-pyrrole nitrogens is 1. The molecular weight excluding hydrogens is 366 g/mol. The van der Waals surface area contributed by atoms with Gasteiger partial charge in [0.25, 0.3) is 0 Å². The Labute approximate surface area is 156 Å². The van der Waals surface area contributed by atoms with Crippen molar-refractivity contribution in [2.75, 3.05) is 18.6 Å². The van der Waals surface area contributed by atoms with Crippen LogP contribution in [0.1, 0.15) is 16.9 Å². The van der Waals surface area contributed by atoms with Crippen molar-refractivity contribution < 1.29 is 13.6 Å². The fourth-order valence-corrected chi connectivity index (χ4v) is 3.13. The molecule has 4 aromatic rings. The number of aromatic nitrogens is 2. The van der Waals surface area contributed by atoms with Crippen LogP contribution in [0.25, 0.3) is 21.9 Å². The predicted molar refractivity (Wildman–Crippen MR) is 103 cm³/mol. The van der Waals surface area contributed by atoms with Crippen LogP contribution in [-0.2, 0) is 0 Å². The number of ether oxygens (including phenoxy) is 1. The summed E-state index contributed by atoms with van der Waals surface area (Å²) in [6.07, 6.45) is 0. The van der Waals surface area contributed by atoms with Crippen molar-refractivity contribution in [2.45, 2.75) is 6.92 Å². The third-order valence-corrected chi connectivity index (χ3v) is 4.35. The number of fused-ring (bicyclic) bond motifs is 2. The summed E-state index contributed by atoms with van der Waals surface area (Å²) in [5.41, 5.74) is 10.5. The molecule has 0 radical (unpaired) electrons. The largest absolute Gasteiger partial charge is 0.495 e. The SMILES string of the molecule is COc1c2cc(C(=N)c3c(N)n[nH]c3N)c(=O)oc2cc2oc(C)cc(=O)c12. The van der Waals surface area contributed by atoms with Crippen LogP contribution in [0.4, 0.5) is 11.6 Å². The minimum atomic E-state index is -0.783. The van der Waals surface area contributed by atoms with Crippen LogP contribution in [0.2, 0.25) is 0 Å². The molecule has 0 fully saturated rings. The Kier molecular flexibility index (Phi) is 3.70. The summed E-state index contributed by atoms with van der Waals surface area (Å²) in [7, 11) is 1.38. The first kappa shape index (κ1) is 17.3. The first-order valence-electron chi connectivity index (χ1n) is 8.09. The maximum atomic E-state index is 12.5. The van der Waals surface area contributed by atoms with Gasteiger partial charge in [0.1, 0.15) is 33.9 Å². The smallest absolute Gasteiger partial charge is 0.345 e. The second-order valence-corrected chi connectivity index (χ2v) is 6.14. The normalized spacial score (nSPS) is 11.2. The van der Waals surface area contributed by atoms with Gasteiger partial charge in [0.15, 0.2) is 11.2 Å². The molecule has 0 unspecified atom stereocenters. The Hall–Kier alpha value is -4.08. The number of nitrogen functional groups attached to an aromatic ring is 2. The number of nitrogens with one attached hydrogen (secondary N) is 2. The number of aryl methyl sites for hydroxylation is 1. The van der Waals surface area contributed by atoms with Crippen LogP contribution in [0.5, 0.6) is 5.75 Å². The van der Waals surface area contributed by atoms with Crippen LogP contribution >= 0.6 is 0 Å². The summed E-state index contributed by atoms with van der Waals surface area (Å²) in [6, 6.07) is 4.18. The second kappa shape index (κ2) is 5.98. The number of methoxy groups -OCH3 is 1. The van der Waals surface area contributed by atoms with Gasteiger partial charge in [-0.25, -0.2) is 4.79 Å². The molecule has 3 aromatic heterocycles. The van der Waals surface area contributed by atoms with Gasteiger partial charge in [0, 0.05) is 12.1 Å². The molecule has 3 heterocycles. The fourth-order valence-electron chi connectivity index (χ4n) is 3.13. The molecular formula is C18H15N5O5. The van der Waals surface area contributed by atoms with Crippen molar-refractivity contribution in [3.05, 3.63) is 55.7 Å². The van der Waals surface area contributed by atoms with Crippen LogP contribution in [0.15, 0.2) is 36.6 Å². The topological polar surface area (TPSA) is 174 Å². The lowest BCUT2D eigenvalue weighted by Crippen LogP contribution is -2.17. The monoisotopic (exact) mass is 381 g/mol. The Balaban J connectivity index is 2.08. The van der Waals surface area contributed by atoms with E-state index in [0.717, 1.165) is 0 Å². The summed E-state index contributed by atoms with van der Waals surface area (Å²) in [5, 5.41) is 15.1. The van der Waals surface area contributed by atoms with Crippen LogP contribution < -0.4 is 27.3 Å². The van der Waals surface area contributed by atoms with Gasteiger partial charge in [-0.3, -0.25) is 15.3 Å². The minimum Gasteiger partial charge on any atom is -0.495 e. The van der Waals surface area contributed by atoms with Gasteiger partial charge in [-0.05, 0) is 13.0 Å². The van der Waals surface area contributed by atoms with Crippen molar-refractivity contribution in [3.63, 3.8) is 0 Å². The number of benzene rings is 1. The molecule has 1 aromatic carbocycles. The average molecular weight is 381 g/mol. The number of nitrogens with zero attached hydrogens (tertiary/aromatic N) is 1. The molecule has 142 valence electrons. The first-order chi connectivity index (χ1) is 13.3. The highest BCUT2D eigenvalue weighted by Gasteiger charge is 2.22. The van der Waals surface area contributed by atoms with Gasteiger partial charge in [-0.15, -0.1) is 0 Å². The molecule has 6 N–H and O–H groups in total. The molecule has 0 aliphatic heterocycles. The number of nitrogens with two attached hydrogens (primary N) is 2. The molecule has 10 nitrogen and oxygen atoms in total. The number of aromatic amines is 1. The molecule has 28 heavy (non-hydrogen) atoms. The maximum absolute atomic E-state index is 12.5. The summed E-state index contributed by atoms with van der Waals surface area (Å²) >= 11 is 0. The Morgan fingerprint density at radius 3 is 2.57 bits per heavy atom. The van der Waals surface area contributed by atoms with E-state index >= 15 is 0 Å². The van der Waals surface area contributed by atoms with Crippen LogP contribution in [-0.4, -0.2) is 23.0 Å². The molecule has 0 aliphatic rings. The quantitative estimate of drug-likeness (QED) is 0.235. The first-order valence-corrected chi connectivity index (χ1v) is 8.09. The summed E-state index contributed by atoms with van der Waals surface area (Å²) in [6.45, 7) is 1.64. The molecule has 0 spiro atoms. The highest BCUT2D eigenvalue weighted by Crippen LogP contribution is 2.33. The highest BCUT2D eigenvalue weighted by molar-refractivity contribution is 6.17. The molecule has 0 saturated carbocycles. The van der Waals surface area contributed by atoms with Crippen molar-refractivity contribution in [1.82, 2.24) is 10.2 Å². The van der Waals surface area contributed by atoms with E-state index in [1.165, 1.54) is 25.3 Å². The number of hydrogen-bond acceptors (Lipinski definition) is 9. The Morgan fingerprint density at radius 1 is 1.18 bits per heavy atom. The summed E-state index contributed by atoms with van der Waals surface area (Å²) in [5.74, 6) is 0.602. The maximum Gasteiger partial charge on any atom is 0.345 e. The number of hydrogen-bond donors (Lipinski definition) is 4. The van der Waals surface area contributed by atoms with E-state index in [1.807, 2.05) is 0 Å². The zero-order valence-corrected chi connectivity index (χ0v) is 14.9. The van der Waals surface area contributed by atoms with Crippen molar-refractivity contribution in [3.8, 4) is 5.75 Å². The Bertz CT molecular complexity index is 1380. The Morgan fingerprint density at radius 2 is 1.93 bits per heavy atom. The molecule has 0 saturated heterocycles. The molecule has 0 aliphatic carbocycles. The van der Waals surface area contributed by atoms with Gasteiger partial charge >= 0.3 is 5.63 Å². The predicted octanol–water partition coefficient (Wildman–Crippen LogP) is 1.52. The average Bonchev–Trinajstić information content (AvgIpc) is 2.97. The highest BCUT2D eigenvalue weighted by atomic mass is 16.5. The van der Waals surface area contributed by atoms with E-state index in [-0.39, 0.29) is 56.2 Å². The van der Waals surface area contributed by atoms with E-state index in [4.69, 9.17) is 30.4 Å². The van der Waals surface area contributed by atoms with E-state index in [1.54, 1.807) is 6.92 Å². The van der Waals surface area contributed by atoms with Gasteiger partial charge in [0.05, 0.1) is 29.3 Å². The lowest BCUT2D eigenvalue weighted by atomic mass is 10.0. The zero-order chi connectivity index (χ0) is 20.2. The van der Waals surface area contributed by atoms with E-state index < -0.39 is 5.63 Å². The van der Waals surface area contributed by atoms with Gasteiger partial charge in [0.2, 0.25) is 0 Å². The van der Waals surface area contributed by atoms with Crippen LogP contribution in [0.3, 0.4) is 0 Å². The van der Waals surface area contributed by atoms with Gasteiger partial charge in [-0.1, -0.05) is 0 Å². The van der Waals surface area contributed by atoms with E-state index in [9.17, 15) is 9.59 Å². The molecule has 0 amide bonds. The third kappa shape index (κ3) is 2.42. The number of rotatable bonds is 3. The minimum absolute atomic E-state index is 0.0245. The van der Waals surface area contributed by atoms with Crippen molar-refractivity contribution in [1.29, 1.82) is 5.41 Å². The van der Waals surface area contributed by atoms with Gasteiger partial charge < -0.3 is 25.0 Å². The molecule has 4 rings (SSSR count). The number of anilines is 2. The van der Waals surface area contributed by atoms with E-state index in [2.05, 4.69) is 10.2 Å². The third-order valence-electron chi connectivity index (χ3n) is 4.35. The summed E-state index contributed by atoms with van der Waals surface area (Å²) < 4.78 is 16.4. The van der Waals surface area contributed by atoms with E-state index in [0.29, 0.717) is 11.1 Å². The zero-order valence-electron chi connectivity index (χ0n) is 14.9. The standard InChI is InChI=1S/C18H15N5O5/c1-6-3-9(24)12-11(27-6)5-10-7(15(12)26-2)4-8(18(25)28-10)14(19)13-16(20)22-23-17(13)21/h3-5,19H,1-2H3,(H5,20,21,22,23). The second-order valence-electron chi connectivity index (χ2n) is 6.14. The van der Waals surface area contributed by atoms with Crippen molar-refractivity contribution in [2.24, 2.45) is 0 Å². The van der Waals surface area contributed by atoms with Crippen LogP contribution in [0, 0.1) is 12.3 Å². The molecule has 10 heteroatoms. The molecule has 0 atom stereocenters. The lowest BCUT2D eigenvalue weighted by molar-refractivity contribution is 0.422. The fraction of sp³-hybridized carbons (Fsp3) is 0.111. The summed E-state index contributed by atoms with van der Waals surface area (Å²) in [4.78, 5) is 25.0. The van der Waals surface area contributed by atoms with Gasteiger partial charge in [-0.2, -0.15) is 5.10 Å². The molecule has 0 bridgehead atoms. The lowest BCUT2D eigenvalue weighted by Gasteiger charge is -2.10. The van der Waals surface area contributed by atoms with Crippen molar-refractivity contribution >= 4 is 39.3 Å².